The Bertz CT molecular complexity index is 576. The standard InChI is InChI=1S/C16H17NO2/c1-16(19,12-8-4-3-5-9-12)14-11-7-6-10-13(14)15(18)17-2/h3-11,19H,1-2H3,(H,17,18). The molecule has 0 bridgehead atoms. The van der Waals surface area contributed by atoms with E-state index in [0.717, 1.165) is 5.56 Å². The van der Waals surface area contributed by atoms with Gasteiger partial charge in [0.1, 0.15) is 5.60 Å². The van der Waals surface area contributed by atoms with E-state index in [1.165, 1.54) is 0 Å². The lowest BCUT2D eigenvalue weighted by Gasteiger charge is -2.26. The van der Waals surface area contributed by atoms with Crippen molar-refractivity contribution in [1.82, 2.24) is 5.32 Å². The number of rotatable bonds is 3. The zero-order chi connectivity index (χ0) is 13.9. The molecule has 0 aliphatic carbocycles. The minimum atomic E-state index is -1.20. The van der Waals surface area contributed by atoms with E-state index in [0.29, 0.717) is 11.1 Å². The van der Waals surface area contributed by atoms with Crippen molar-refractivity contribution in [3.05, 3.63) is 71.3 Å². The molecule has 0 heterocycles. The molecule has 19 heavy (non-hydrogen) atoms. The SMILES string of the molecule is CNC(=O)c1ccccc1C(C)(O)c1ccccc1. The van der Waals surface area contributed by atoms with Crippen molar-refractivity contribution in [3.63, 3.8) is 0 Å². The molecule has 3 heteroatoms. The Morgan fingerprint density at radius 1 is 1.05 bits per heavy atom. The summed E-state index contributed by atoms with van der Waals surface area (Å²) in [6, 6.07) is 16.4. The topological polar surface area (TPSA) is 49.3 Å². The quantitative estimate of drug-likeness (QED) is 0.884. The number of nitrogens with one attached hydrogen (secondary N) is 1. The fourth-order valence-electron chi connectivity index (χ4n) is 2.16. The zero-order valence-corrected chi connectivity index (χ0v) is 11.1. The van der Waals surface area contributed by atoms with Crippen molar-refractivity contribution in [2.75, 3.05) is 7.05 Å². The van der Waals surface area contributed by atoms with Gasteiger partial charge in [-0.05, 0) is 18.6 Å². The lowest BCUT2D eigenvalue weighted by atomic mass is 9.85. The molecule has 0 aliphatic rings. The van der Waals surface area contributed by atoms with Gasteiger partial charge in [0.05, 0.1) is 0 Å². The van der Waals surface area contributed by atoms with Crippen molar-refractivity contribution in [1.29, 1.82) is 0 Å². The summed E-state index contributed by atoms with van der Waals surface area (Å²) in [6.45, 7) is 1.70. The highest BCUT2D eigenvalue weighted by molar-refractivity contribution is 5.95. The van der Waals surface area contributed by atoms with Crippen LogP contribution in [0.25, 0.3) is 0 Å². The number of amides is 1. The lowest BCUT2D eigenvalue weighted by Crippen LogP contribution is -2.28. The Hall–Kier alpha value is -2.13. The first kappa shape index (κ1) is 13.3. The molecule has 2 aromatic carbocycles. The maximum atomic E-state index is 11.9. The molecule has 0 saturated heterocycles. The van der Waals surface area contributed by atoms with Crippen molar-refractivity contribution >= 4 is 5.91 Å². The van der Waals surface area contributed by atoms with Gasteiger partial charge in [-0.1, -0.05) is 48.5 Å². The lowest BCUT2D eigenvalue weighted by molar-refractivity contribution is 0.0900. The van der Waals surface area contributed by atoms with Gasteiger partial charge in [0, 0.05) is 18.2 Å². The number of hydrogen-bond donors (Lipinski definition) is 2. The number of benzene rings is 2. The maximum Gasteiger partial charge on any atom is 0.251 e. The smallest absolute Gasteiger partial charge is 0.251 e. The third-order valence-electron chi connectivity index (χ3n) is 3.26. The molecule has 0 aliphatic heterocycles. The minimum absolute atomic E-state index is 0.202. The van der Waals surface area contributed by atoms with Gasteiger partial charge >= 0.3 is 0 Å². The zero-order valence-electron chi connectivity index (χ0n) is 11.1. The highest BCUT2D eigenvalue weighted by Gasteiger charge is 2.29. The van der Waals surface area contributed by atoms with Gasteiger partial charge in [-0.15, -0.1) is 0 Å². The average molecular weight is 255 g/mol. The maximum absolute atomic E-state index is 11.9. The van der Waals surface area contributed by atoms with Gasteiger partial charge in [-0.3, -0.25) is 4.79 Å². The Kier molecular flexibility index (Phi) is 3.67. The molecule has 2 N–H and O–H groups in total. The van der Waals surface area contributed by atoms with Gasteiger partial charge < -0.3 is 10.4 Å². The van der Waals surface area contributed by atoms with E-state index in [2.05, 4.69) is 5.32 Å². The van der Waals surface area contributed by atoms with E-state index < -0.39 is 5.60 Å². The van der Waals surface area contributed by atoms with Crippen LogP contribution in [-0.2, 0) is 5.60 Å². The number of aliphatic hydroxyl groups is 1. The van der Waals surface area contributed by atoms with Gasteiger partial charge in [0.15, 0.2) is 0 Å². The number of hydrogen-bond acceptors (Lipinski definition) is 2. The third kappa shape index (κ3) is 2.51. The first-order valence-corrected chi connectivity index (χ1v) is 6.17. The van der Waals surface area contributed by atoms with E-state index >= 15 is 0 Å². The number of carbonyl (C=O) groups is 1. The summed E-state index contributed by atoms with van der Waals surface area (Å²) >= 11 is 0. The molecule has 2 rings (SSSR count). The molecule has 0 radical (unpaired) electrons. The van der Waals surface area contributed by atoms with Crippen LogP contribution in [0.5, 0.6) is 0 Å². The predicted molar refractivity (Wildman–Crippen MR) is 74.9 cm³/mol. The molecule has 1 amide bonds. The van der Waals surface area contributed by atoms with Crippen LogP contribution in [0.15, 0.2) is 54.6 Å². The highest BCUT2D eigenvalue weighted by Crippen LogP contribution is 2.31. The Morgan fingerprint density at radius 2 is 1.63 bits per heavy atom. The minimum Gasteiger partial charge on any atom is -0.381 e. The Balaban J connectivity index is 2.55. The van der Waals surface area contributed by atoms with Crippen molar-refractivity contribution in [2.45, 2.75) is 12.5 Å². The van der Waals surface area contributed by atoms with E-state index in [1.807, 2.05) is 36.4 Å². The molecular weight excluding hydrogens is 238 g/mol. The molecule has 1 atom stereocenters. The Labute approximate surface area is 112 Å². The van der Waals surface area contributed by atoms with Crippen LogP contribution >= 0.6 is 0 Å². The van der Waals surface area contributed by atoms with E-state index in [4.69, 9.17) is 0 Å². The van der Waals surface area contributed by atoms with Crippen molar-refractivity contribution < 1.29 is 9.90 Å². The Morgan fingerprint density at radius 3 is 2.26 bits per heavy atom. The van der Waals surface area contributed by atoms with Crippen LogP contribution in [0.4, 0.5) is 0 Å². The summed E-state index contributed by atoms with van der Waals surface area (Å²) in [4.78, 5) is 11.9. The molecule has 1 unspecified atom stereocenters. The van der Waals surface area contributed by atoms with Gasteiger partial charge in [0.2, 0.25) is 0 Å². The molecule has 0 fully saturated rings. The fourth-order valence-corrected chi connectivity index (χ4v) is 2.16. The van der Waals surface area contributed by atoms with Crippen LogP contribution in [0.1, 0.15) is 28.4 Å². The summed E-state index contributed by atoms with van der Waals surface area (Å²) in [5.74, 6) is -0.202. The molecule has 0 saturated carbocycles. The van der Waals surface area contributed by atoms with Crippen LogP contribution < -0.4 is 5.32 Å². The van der Waals surface area contributed by atoms with Gasteiger partial charge in [0.25, 0.3) is 5.91 Å². The summed E-state index contributed by atoms with van der Waals surface area (Å²) in [5, 5.41) is 13.4. The van der Waals surface area contributed by atoms with Crippen LogP contribution in [0.2, 0.25) is 0 Å². The molecule has 3 nitrogen and oxygen atoms in total. The first-order valence-electron chi connectivity index (χ1n) is 6.17. The summed E-state index contributed by atoms with van der Waals surface area (Å²) in [5.41, 5.74) is 0.635. The van der Waals surface area contributed by atoms with Crippen LogP contribution in [0.3, 0.4) is 0 Å². The van der Waals surface area contributed by atoms with Crippen molar-refractivity contribution in [3.8, 4) is 0 Å². The third-order valence-corrected chi connectivity index (χ3v) is 3.26. The number of carbonyl (C=O) groups excluding carboxylic acids is 1. The van der Waals surface area contributed by atoms with E-state index in [1.54, 1.807) is 32.2 Å². The molecule has 98 valence electrons. The van der Waals surface area contributed by atoms with Crippen LogP contribution in [0, 0.1) is 0 Å². The molecule has 2 aromatic rings. The highest BCUT2D eigenvalue weighted by atomic mass is 16.3. The van der Waals surface area contributed by atoms with Crippen molar-refractivity contribution in [2.24, 2.45) is 0 Å². The largest absolute Gasteiger partial charge is 0.381 e. The fraction of sp³-hybridized carbons (Fsp3) is 0.188. The second-order valence-electron chi connectivity index (χ2n) is 4.56. The molecule has 0 aromatic heterocycles. The van der Waals surface area contributed by atoms with E-state index in [-0.39, 0.29) is 5.91 Å². The van der Waals surface area contributed by atoms with Gasteiger partial charge in [-0.2, -0.15) is 0 Å². The monoisotopic (exact) mass is 255 g/mol. The van der Waals surface area contributed by atoms with E-state index in [9.17, 15) is 9.90 Å². The molecule has 0 spiro atoms. The predicted octanol–water partition coefficient (Wildman–Crippen LogP) is 2.30. The second kappa shape index (κ2) is 5.24. The first-order chi connectivity index (χ1) is 9.07. The second-order valence-corrected chi connectivity index (χ2v) is 4.56. The summed E-state index contributed by atoms with van der Waals surface area (Å²) in [7, 11) is 1.58. The summed E-state index contributed by atoms with van der Waals surface area (Å²) in [6.07, 6.45) is 0. The summed E-state index contributed by atoms with van der Waals surface area (Å²) < 4.78 is 0. The van der Waals surface area contributed by atoms with Gasteiger partial charge in [-0.25, -0.2) is 0 Å². The molecular formula is C16H17NO2. The normalized spacial score (nSPS) is 13.6. The van der Waals surface area contributed by atoms with Crippen LogP contribution in [-0.4, -0.2) is 18.1 Å². The average Bonchev–Trinajstić information content (AvgIpc) is 2.47.